The molecule has 1 aromatic heterocycles. The van der Waals surface area contributed by atoms with Crippen molar-refractivity contribution < 1.29 is 0 Å². The summed E-state index contributed by atoms with van der Waals surface area (Å²) in [4.78, 5) is 3.88. The molecule has 0 radical (unpaired) electrons. The molecule has 0 N–H and O–H groups in total. The van der Waals surface area contributed by atoms with E-state index in [0.717, 1.165) is 11.6 Å². The van der Waals surface area contributed by atoms with Crippen molar-refractivity contribution in [2.45, 2.75) is 19.4 Å². The molecule has 2 heterocycles. The zero-order valence-electron chi connectivity index (χ0n) is 6.92. The Labute approximate surface area is 82.0 Å². The molecule has 0 amide bonds. The van der Waals surface area contributed by atoms with Crippen LogP contribution >= 0.6 is 22.9 Å². The van der Waals surface area contributed by atoms with Gasteiger partial charge in [-0.1, -0.05) is 11.6 Å². The monoisotopic (exact) mass is 201 g/mol. The first-order valence-corrected chi connectivity index (χ1v) is 5.55. The van der Waals surface area contributed by atoms with Gasteiger partial charge in [0.15, 0.2) is 0 Å². The van der Waals surface area contributed by atoms with Crippen molar-refractivity contribution in [1.29, 1.82) is 0 Å². The Balaban J connectivity index is 1.94. The maximum absolute atomic E-state index is 5.84. The van der Waals surface area contributed by atoms with Crippen LogP contribution in [-0.4, -0.2) is 18.0 Å². The molecular weight excluding hydrogens is 190 g/mol. The SMILES string of the molecule is Clc1csc(CN2CCCC2)c1. The number of rotatable bonds is 2. The van der Waals surface area contributed by atoms with E-state index < -0.39 is 0 Å². The molecular formula is C9H12ClNS. The first-order valence-electron chi connectivity index (χ1n) is 4.30. The molecule has 1 aliphatic rings. The minimum atomic E-state index is 0.884. The van der Waals surface area contributed by atoms with E-state index in [-0.39, 0.29) is 0 Å². The molecule has 0 aliphatic carbocycles. The molecule has 0 saturated carbocycles. The Kier molecular flexibility index (Phi) is 2.69. The van der Waals surface area contributed by atoms with E-state index in [1.807, 2.05) is 5.38 Å². The fourth-order valence-corrected chi connectivity index (χ4v) is 2.71. The van der Waals surface area contributed by atoms with Crippen LogP contribution in [0.3, 0.4) is 0 Å². The minimum absolute atomic E-state index is 0.884. The Morgan fingerprint density at radius 2 is 2.17 bits per heavy atom. The van der Waals surface area contributed by atoms with Gasteiger partial charge in [0.1, 0.15) is 0 Å². The van der Waals surface area contributed by atoms with Crippen LogP contribution in [0, 0.1) is 0 Å². The highest BCUT2D eigenvalue weighted by molar-refractivity contribution is 7.10. The number of halogens is 1. The van der Waals surface area contributed by atoms with Crippen LogP contribution < -0.4 is 0 Å². The highest BCUT2D eigenvalue weighted by atomic mass is 35.5. The van der Waals surface area contributed by atoms with E-state index in [0.29, 0.717) is 0 Å². The van der Waals surface area contributed by atoms with Crippen LogP contribution in [0.25, 0.3) is 0 Å². The zero-order valence-corrected chi connectivity index (χ0v) is 8.50. The molecule has 3 heteroatoms. The Morgan fingerprint density at radius 3 is 2.75 bits per heavy atom. The first-order chi connectivity index (χ1) is 5.84. The van der Waals surface area contributed by atoms with Crippen molar-refractivity contribution in [3.8, 4) is 0 Å². The molecule has 2 rings (SSSR count). The van der Waals surface area contributed by atoms with Crippen molar-refractivity contribution >= 4 is 22.9 Å². The minimum Gasteiger partial charge on any atom is -0.298 e. The third kappa shape index (κ3) is 2.00. The summed E-state index contributed by atoms with van der Waals surface area (Å²) in [6.07, 6.45) is 2.72. The van der Waals surface area contributed by atoms with Gasteiger partial charge in [0.05, 0.1) is 5.02 Å². The summed E-state index contributed by atoms with van der Waals surface area (Å²) in [7, 11) is 0. The molecule has 1 fully saturated rings. The van der Waals surface area contributed by atoms with Crippen LogP contribution in [0.2, 0.25) is 5.02 Å². The van der Waals surface area contributed by atoms with Gasteiger partial charge < -0.3 is 0 Å². The third-order valence-electron chi connectivity index (χ3n) is 2.20. The first kappa shape index (κ1) is 8.54. The summed E-state index contributed by atoms with van der Waals surface area (Å²) >= 11 is 7.60. The molecule has 0 atom stereocenters. The van der Waals surface area contributed by atoms with Gasteiger partial charge in [-0.3, -0.25) is 4.90 Å². The standard InChI is InChI=1S/C9H12ClNS/c10-8-5-9(12-7-8)6-11-3-1-2-4-11/h5,7H,1-4,6H2. The highest BCUT2D eigenvalue weighted by Crippen LogP contribution is 2.22. The predicted octanol–water partition coefficient (Wildman–Crippen LogP) is 3.00. The lowest BCUT2D eigenvalue weighted by molar-refractivity contribution is 0.334. The van der Waals surface area contributed by atoms with Gasteiger partial charge in [0, 0.05) is 16.8 Å². The molecule has 1 aliphatic heterocycles. The van der Waals surface area contributed by atoms with Gasteiger partial charge in [-0.15, -0.1) is 11.3 Å². The molecule has 12 heavy (non-hydrogen) atoms. The molecule has 0 spiro atoms. The number of likely N-dealkylation sites (tertiary alicyclic amines) is 1. The highest BCUT2D eigenvalue weighted by Gasteiger charge is 2.12. The van der Waals surface area contributed by atoms with E-state index in [4.69, 9.17) is 11.6 Å². The van der Waals surface area contributed by atoms with Gasteiger partial charge in [-0.05, 0) is 32.0 Å². The summed E-state index contributed by atoms with van der Waals surface area (Å²) in [5.74, 6) is 0. The lowest BCUT2D eigenvalue weighted by atomic mass is 10.4. The van der Waals surface area contributed by atoms with Crippen LogP contribution in [0.4, 0.5) is 0 Å². The summed E-state index contributed by atoms with van der Waals surface area (Å²) in [5, 5.41) is 2.89. The van der Waals surface area contributed by atoms with Gasteiger partial charge in [-0.2, -0.15) is 0 Å². The Bertz CT molecular complexity index is 253. The van der Waals surface area contributed by atoms with Crippen molar-refractivity contribution in [2.75, 3.05) is 13.1 Å². The van der Waals surface area contributed by atoms with Crippen molar-refractivity contribution in [2.24, 2.45) is 0 Å². The second kappa shape index (κ2) is 3.77. The van der Waals surface area contributed by atoms with Gasteiger partial charge in [-0.25, -0.2) is 0 Å². The summed E-state index contributed by atoms with van der Waals surface area (Å²) in [6, 6.07) is 2.07. The number of hydrogen-bond donors (Lipinski definition) is 0. The number of hydrogen-bond acceptors (Lipinski definition) is 2. The molecule has 0 bridgehead atoms. The second-order valence-electron chi connectivity index (χ2n) is 3.21. The molecule has 66 valence electrons. The largest absolute Gasteiger partial charge is 0.298 e. The molecule has 1 saturated heterocycles. The smallest absolute Gasteiger partial charge is 0.0516 e. The van der Waals surface area contributed by atoms with Crippen molar-refractivity contribution in [1.82, 2.24) is 4.90 Å². The van der Waals surface area contributed by atoms with Crippen LogP contribution in [0.15, 0.2) is 11.4 Å². The molecule has 0 unspecified atom stereocenters. The quantitative estimate of drug-likeness (QED) is 0.711. The average molecular weight is 202 g/mol. The lowest BCUT2D eigenvalue weighted by Gasteiger charge is -2.12. The van der Waals surface area contributed by atoms with Crippen molar-refractivity contribution in [3.05, 3.63) is 21.3 Å². The van der Waals surface area contributed by atoms with Crippen LogP contribution in [0.5, 0.6) is 0 Å². The van der Waals surface area contributed by atoms with Gasteiger partial charge in [0.2, 0.25) is 0 Å². The van der Waals surface area contributed by atoms with E-state index >= 15 is 0 Å². The van der Waals surface area contributed by atoms with E-state index in [1.165, 1.54) is 30.8 Å². The van der Waals surface area contributed by atoms with E-state index in [2.05, 4.69) is 11.0 Å². The zero-order chi connectivity index (χ0) is 8.39. The third-order valence-corrected chi connectivity index (χ3v) is 3.47. The van der Waals surface area contributed by atoms with E-state index in [1.54, 1.807) is 11.3 Å². The average Bonchev–Trinajstić information content (AvgIpc) is 2.63. The lowest BCUT2D eigenvalue weighted by Crippen LogP contribution is -2.17. The number of thiophene rings is 1. The summed E-state index contributed by atoms with van der Waals surface area (Å²) in [5.41, 5.74) is 0. The molecule has 1 aromatic rings. The van der Waals surface area contributed by atoms with Crippen LogP contribution in [0.1, 0.15) is 17.7 Å². The van der Waals surface area contributed by atoms with Gasteiger partial charge in [0.25, 0.3) is 0 Å². The predicted molar refractivity (Wildman–Crippen MR) is 53.8 cm³/mol. The number of nitrogens with zero attached hydrogens (tertiary/aromatic N) is 1. The van der Waals surface area contributed by atoms with Crippen molar-refractivity contribution in [3.63, 3.8) is 0 Å². The van der Waals surface area contributed by atoms with E-state index in [9.17, 15) is 0 Å². The summed E-state index contributed by atoms with van der Waals surface area (Å²) in [6.45, 7) is 3.61. The topological polar surface area (TPSA) is 3.24 Å². The Morgan fingerprint density at radius 1 is 1.42 bits per heavy atom. The fourth-order valence-electron chi connectivity index (χ4n) is 1.60. The maximum Gasteiger partial charge on any atom is 0.0516 e. The van der Waals surface area contributed by atoms with Crippen LogP contribution in [-0.2, 0) is 6.54 Å². The maximum atomic E-state index is 5.84. The summed E-state index contributed by atoms with van der Waals surface area (Å²) < 4.78 is 0. The molecule has 0 aromatic carbocycles. The second-order valence-corrected chi connectivity index (χ2v) is 4.65. The Hall–Kier alpha value is -0.0500. The molecule has 1 nitrogen and oxygen atoms in total. The normalized spacial score (nSPS) is 18.8. The fraction of sp³-hybridized carbons (Fsp3) is 0.556. The van der Waals surface area contributed by atoms with Gasteiger partial charge >= 0.3 is 0 Å².